The predicted molar refractivity (Wildman–Crippen MR) is 115 cm³/mol. The van der Waals surface area contributed by atoms with Crippen LogP contribution in [-0.2, 0) is 19.1 Å². The molecule has 10 heteroatoms. The minimum atomic E-state index is -1.06. The number of carboxylic acid groups (broad SMARTS) is 4. The van der Waals surface area contributed by atoms with E-state index >= 15 is 0 Å². The maximum atomic E-state index is 10.7. The Hall–Kier alpha value is -3.43. The zero-order valence-electron chi connectivity index (χ0n) is 18.4. The van der Waals surface area contributed by atoms with Crippen molar-refractivity contribution in [2.24, 2.45) is 0 Å². The van der Waals surface area contributed by atoms with E-state index in [1.807, 2.05) is 6.92 Å². The molecule has 1 aromatic rings. The van der Waals surface area contributed by atoms with Crippen LogP contribution in [0, 0.1) is 0 Å². The van der Waals surface area contributed by atoms with Crippen molar-refractivity contribution in [1.82, 2.24) is 0 Å². The van der Waals surface area contributed by atoms with Gasteiger partial charge in [0.1, 0.15) is 0 Å². The third kappa shape index (κ3) is 19.9. The highest BCUT2D eigenvalue weighted by atomic mass is 16.5. The molecule has 0 spiro atoms. The van der Waals surface area contributed by atoms with Crippen LogP contribution in [0.15, 0.2) is 24.3 Å². The first-order valence-corrected chi connectivity index (χ1v) is 10.2. The molecule has 180 valence electrons. The molecule has 0 amide bonds. The molecule has 32 heavy (non-hydrogen) atoms. The molecule has 0 unspecified atom stereocenters. The van der Waals surface area contributed by atoms with E-state index in [4.69, 9.17) is 25.2 Å². The van der Waals surface area contributed by atoms with Crippen molar-refractivity contribution >= 4 is 29.8 Å². The number of benzene rings is 1. The molecular formula is C22H32O10. The average molecular weight is 456 g/mol. The van der Waals surface area contributed by atoms with E-state index in [1.54, 1.807) is 0 Å². The molecule has 0 atom stereocenters. The number of carbonyl (C=O) groups excluding carboxylic acids is 1. The van der Waals surface area contributed by atoms with Crippen LogP contribution in [0.5, 0.6) is 0 Å². The van der Waals surface area contributed by atoms with Crippen molar-refractivity contribution in [2.45, 2.75) is 65.2 Å². The summed E-state index contributed by atoms with van der Waals surface area (Å²) >= 11 is 0. The van der Waals surface area contributed by atoms with Crippen LogP contribution < -0.4 is 0 Å². The fraction of sp³-hybridized carbons (Fsp3) is 0.500. The van der Waals surface area contributed by atoms with Crippen LogP contribution in [0.1, 0.15) is 85.9 Å². The second-order valence-electron chi connectivity index (χ2n) is 6.51. The molecule has 0 saturated carbocycles. The molecule has 0 radical (unpaired) electrons. The van der Waals surface area contributed by atoms with Crippen LogP contribution in [0.4, 0.5) is 0 Å². The van der Waals surface area contributed by atoms with Crippen LogP contribution in [0.2, 0.25) is 0 Å². The van der Waals surface area contributed by atoms with Gasteiger partial charge in [0.2, 0.25) is 0 Å². The SMILES string of the molecule is CCCCOC(=O)CCC.O=C(O)CCCCC(=O)O.O=C(O)c1ccc(C(=O)O)cc1. The summed E-state index contributed by atoms with van der Waals surface area (Å²) in [7, 11) is 0. The lowest BCUT2D eigenvalue weighted by Crippen LogP contribution is -2.04. The lowest BCUT2D eigenvalue weighted by Gasteiger charge is -2.00. The van der Waals surface area contributed by atoms with Gasteiger partial charge in [0, 0.05) is 19.3 Å². The van der Waals surface area contributed by atoms with Crippen LogP contribution in [0.3, 0.4) is 0 Å². The van der Waals surface area contributed by atoms with E-state index in [0.29, 0.717) is 25.9 Å². The number of esters is 1. The molecule has 0 aliphatic carbocycles. The number of aliphatic carboxylic acids is 2. The zero-order valence-corrected chi connectivity index (χ0v) is 18.4. The van der Waals surface area contributed by atoms with E-state index in [0.717, 1.165) is 19.3 Å². The van der Waals surface area contributed by atoms with Crippen molar-refractivity contribution in [3.63, 3.8) is 0 Å². The third-order valence-electron chi connectivity index (χ3n) is 3.63. The number of carboxylic acids is 4. The second kappa shape index (κ2) is 19.5. The first-order valence-electron chi connectivity index (χ1n) is 10.2. The van der Waals surface area contributed by atoms with E-state index < -0.39 is 23.9 Å². The molecule has 0 bridgehead atoms. The lowest BCUT2D eigenvalue weighted by atomic mass is 10.1. The largest absolute Gasteiger partial charge is 0.481 e. The lowest BCUT2D eigenvalue weighted by molar-refractivity contribution is -0.144. The Morgan fingerprint density at radius 1 is 0.656 bits per heavy atom. The van der Waals surface area contributed by atoms with E-state index in [-0.39, 0.29) is 29.9 Å². The van der Waals surface area contributed by atoms with Gasteiger partial charge in [-0.05, 0) is 49.9 Å². The maximum absolute atomic E-state index is 10.7. The second-order valence-corrected chi connectivity index (χ2v) is 6.51. The highest BCUT2D eigenvalue weighted by molar-refractivity contribution is 5.91. The van der Waals surface area contributed by atoms with Crippen LogP contribution >= 0.6 is 0 Å². The van der Waals surface area contributed by atoms with E-state index in [9.17, 15) is 24.0 Å². The van der Waals surface area contributed by atoms with Gasteiger partial charge in [0.25, 0.3) is 0 Å². The van der Waals surface area contributed by atoms with Crippen molar-refractivity contribution < 1.29 is 49.1 Å². The molecule has 1 rings (SSSR count). The minimum absolute atomic E-state index is 0.0593. The van der Waals surface area contributed by atoms with Crippen molar-refractivity contribution in [1.29, 1.82) is 0 Å². The molecule has 0 heterocycles. The summed E-state index contributed by atoms with van der Waals surface area (Å²) in [6.45, 7) is 4.64. The molecule has 1 aromatic carbocycles. The maximum Gasteiger partial charge on any atom is 0.335 e. The van der Waals surface area contributed by atoms with Gasteiger partial charge in [-0.2, -0.15) is 0 Å². The van der Waals surface area contributed by atoms with E-state index in [1.165, 1.54) is 24.3 Å². The summed E-state index contributed by atoms with van der Waals surface area (Å²) in [5.74, 6) is -3.93. The minimum Gasteiger partial charge on any atom is -0.481 e. The summed E-state index contributed by atoms with van der Waals surface area (Å²) in [6.07, 6.45) is 4.52. The fourth-order valence-electron chi connectivity index (χ4n) is 1.91. The number of unbranched alkanes of at least 4 members (excludes halogenated alkanes) is 2. The normalized spacial score (nSPS) is 9.31. The van der Waals surface area contributed by atoms with Gasteiger partial charge in [0.05, 0.1) is 17.7 Å². The van der Waals surface area contributed by atoms with Gasteiger partial charge < -0.3 is 25.2 Å². The molecule has 0 aromatic heterocycles. The molecule has 0 fully saturated rings. The quantitative estimate of drug-likeness (QED) is 0.266. The molecule has 0 saturated heterocycles. The number of aromatic carboxylic acids is 2. The van der Waals surface area contributed by atoms with Crippen molar-refractivity contribution in [2.75, 3.05) is 6.61 Å². The monoisotopic (exact) mass is 456 g/mol. The standard InChI is InChI=1S/C8H6O4.C8H16O2.C6H10O4/c9-7(10)5-1-2-6(4-3-5)8(11)12;1-3-5-7-10-8(9)6-4-2;7-5(8)3-1-2-4-6(9)10/h1-4H,(H,9,10)(H,11,12);3-7H2,1-2H3;1-4H2,(H,7,8)(H,9,10). The summed E-state index contributed by atoms with van der Waals surface area (Å²) in [4.78, 5) is 51.2. The van der Waals surface area contributed by atoms with Gasteiger partial charge in [-0.15, -0.1) is 0 Å². The van der Waals surface area contributed by atoms with Crippen molar-refractivity contribution in [3.05, 3.63) is 35.4 Å². The Morgan fingerprint density at radius 2 is 1.06 bits per heavy atom. The predicted octanol–water partition coefficient (Wildman–Crippen LogP) is 3.93. The molecule has 4 N–H and O–H groups in total. The number of carbonyl (C=O) groups is 5. The first-order chi connectivity index (χ1) is 15.0. The number of hydrogen-bond donors (Lipinski definition) is 4. The van der Waals surface area contributed by atoms with Crippen molar-refractivity contribution in [3.8, 4) is 0 Å². The van der Waals surface area contributed by atoms with Gasteiger partial charge in [-0.1, -0.05) is 20.3 Å². The van der Waals surface area contributed by atoms with E-state index in [2.05, 4.69) is 6.92 Å². The Kier molecular flexibility index (Phi) is 18.8. The number of ether oxygens (including phenoxy) is 1. The highest BCUT2D eigenvalue weighted by Gasteiger charge is 2.05. The number of rotatable bonds is 12. The highest BCUT2D eigenvalue weighted by Crippen LogP contribution is 2.03. The van der Waals surface area contributed by atoms with Gasteiger partial charge in [-0.3, -0.25) is 14.4 Å². The fourth-order valence-corrected chi connectivity index (χ4v) is 1.91. The molecular weight excluding hydrogens is 424 g/mol. The zero-order chi connectivity index (χ0) is 24.9. The third-order valence-corrected chi connectivity index (χ3v) is 3.63. The summed E-state index contributed by atoms with van der Waals surface area (Å²) in [5.41, 5.74) is 0.167. The summed E-state index contributed by atoms with van der Waals surface area (Å²) < 4.78 is 4.88. The average Bonchev–Trinajstić information content (AvgIpc) is 2.72. The van der Waals surface area contributed by atoms with Crippen LogP contribution in [-0.4, -0.2) is 56.9 Å². The Bertz CT molecular complexity index is 661. The van der Waals surface area contributed by atoms with Gasteiger partial charge >= 0.3 is 29.8 Å². The van der Waals surface area contributed by atoms with Gasteiger partial charge in [-0.25, -0.2) is 9.59 Å². The Morgan fingerprint density at radius 3 is 1.34 bits per heavy atom. The summed E-state index contributed by atoms with van der Waals surface area (Å²) in [6, 6.07) is 5.02. The van der Waals surface area contributed by atoms with Gasteiger partial charge in [0.15, 0.2) is 0 Å². The number of hydrogen-bond acceptors (Lipinski definition) is 6. The molecule has 0 aliphatic rings. The Balaban J connectivity index is 0. The van der Waals surface area contributed by atoms with Crippen LogP contribution in [0.25, 0.3) is 0 Å². The Labute approximate surface area is 186 Å². The summed E-state index contributed by atoms with van der Waals surface area (Å²) in [5, 5.41) is 33.2. The first kappa shape index (κ1) is 30.8. The molecule has 10 nitrogen and oxygen atoms in total. The molecule has 0 aliphatic heterocycles. The topological polar surface area (TPSA) is 176 Å². The smallest absolute Gasteiger partial charge is 0.335 e.